The van der Waals surface area contributed by atoms with Crippen molar-refractivity contribution in [3.8, 4) is 0 Å². The van der Waals surface area contributed by atoms with Gasteiger partial charge in [-0.25, -0.2) is 0 Å². The normalized spacial score (nSPS) is 9.79. The van der Waals surface area contributed by atoms with Crippen molar-refractivity contribution in [2.75, 3.05) is 5.33 Å². The summed E-state index contributed by atoms with van der Waals surface area (Å²) in [5.41, 5.74) is 0.0513. The van der Waals surface area contributed by atoms with Gasteiger partial charge in [-0.15, -0.1) is 0 Å². The zero-order valence-electron chi connectivity index (χ0n) is 7.27. The highest BCUT2D eigenvalue weighted by molar-refractivity contribution is 9.09. The zero-order valence-corrected chi connectivity index (χ0v) is 8.86. The molecule has 0 aliphatic rings. The molecule has 14 heavy (non-hydrogen) atoms. The number of alkyl halides is 1. The van der Waals surface area contributed by atoms with E-state index < -0.39 is 4.92 Å². The number of benzene rings is 1. The van der Waals surface area contributed by atoms with Crippen LogP contribution in [0.3, 0.4) is 0 Å². The molecule has 0 fully saturated rings. The number of Topliss-reactive ketones (excluding diaryl/α,β-unsaturated/α-hetero) is 1. The lowest BCUT2D eigenvalue weighted by Gasteiger charge is -1.99. The lowest BCUT2D eigenvalue weighted by Crippen LogP contribution is -2.03. The molecule has 0 N–H and O–H groups in total. The summed E-state index contributed by atoms with van der Waals surface area (Å²) in [4.78, 5) is 21.5. The summed E-state index contributed by atoms with van der Waals surface area (Å²) in [6, 6.07) is 5.97. The van der Waals surface area contributed by atoms with Crippen molar-refractivity contribution < 1.29 is 9.72 Å². The summed E-state index contributed by atoms with van der Waals surface area (Å²) in [6.07, 6.45) is 0.269. The van der Waals surface area contributed by atoms with E-state index in [0.717, 1.165) is 0 Å². The molecule has 4 nitrogen and oxygen atoms in total. The van der Waals surface area contributed by atoms with E-state index in [2.05, 4.69) is 15.9 Å². The third kappa shape index (κ3) is 2.38. The average molecular weight is 258 g/mol. The number of nitro groups is 1. The van der Waals surface area contributed by atoms with Crippen molar-refractivity contribution in [2.45, 2.75) is 6.42 Å². The monoisotopic (exact) mass is 257 g/mol. The molecule has 0 aliphatic heterocycles. The van der Waals surface area contributed by atoms with E-state index in [1.807, 2.05) is 0 Å². The highest BCUT2D eigenvalue weighted by atomic mass is 79.9. The Bertz CT molecular complexity index is 365. The largest absolute Gasteiger partial charge is 0.294 e. The van der Waals surface area contributed by atoms with E-state index >= 15 is 0 Å². The minimum Gasteiger partial charge on any atom is -0.294 e. The number of carbonyl (C=O) groups is 1. The van der Waals surface area contributed by atoms with Gasteiger partial charge in [-0.2, -0.15) is 0 Å². The molecule has 0 radical (unpaired) electrons. The Balaban J connectivity index is 3.07. The van der Waals surface area contributed by atoms with Crippen LogP contribution in [0.25, 0.3) is 0 Å². The van der Waals surface area contributed by atoms with Gasteiger partial charge in [-0.05, 0) is 6.07 Å². The van der Waals surface area contributed by atoms with Gasteiger partial charge in [0.2, 0.25) is 0 Å². The Kier molecular flexibility index (Phi) is 3.76. The van der Waals surface area contributed by atoms with E-state index in [9.17, 15) is 14.9 Å². The minimum absolute atomic E-state index is 0.126. The van der Waals surface area contributed by atoms with Gasteiger partial charge in [0.25, 0.3) is 5.69 Å². The minimum atomic E-state index is -0.540. The summed E-state index contributed by atoms with van der Waals surface area (Å²) in [7, 11) is 0. The molecule has 0 heterocycles. The molecule has 0 bridgehead atoms. The second kappa shape index (κ2) is 4.85. The van der Waals surface area contributed by atoms with Crippen molar-refractivity contribution in [2.24, 2.45) is 0 Å². The summed E-state index contributed by atoms with van der Waals surface area (Å²) >= 11 is 3.12. The van der Waals surface area contributed by atoms with Crippen molar-refractivity contribution in [3.63, 3.8) is 0 Å². The molecule has 0 unspecified atom stereocenters. The zero-order chi connectivity index (χ0) is 10.6. The number of hydrogen-bond acceptors (Lipinski definition) is 3. The summed E-state index contributed by atoms with van der Waals surface area (Å²) in [6.45, 7) is 0. The Hall–Kier alpha value is -1.23. The standard InChI is InChI=1S/C9H8BrNO3/c10-6-5-9(12)7-3-1-2-4-8(7)11(13)14/h1-4H,5-6H2. The molecule has 1 aromatic carbocycles. The molecule has 0 saturated carbocycles. The Labute approximate surface area is 89.2 Å². The van der Waals surface area contributed by atoms with Crippen LogP contribution in [0.2, 0.25) is 0 Å². The first-order valence-electron chi connectivity index (χ1n) is 3.99. The first-order valence-corrected chi connectivity index (χ1v) is 5.11. The van der Waals surface area contributed by atoms with E-state index in [1.54, 1.807) is 12.1 Å². The quantitative estimate of drug-likeness (QED) is 0.361. The van der Waals surface area contributed by atoms with Crippen molar-refractivity contribution >= 4 is 27.4 Å². The first-order chi connectivity index (χ1) is 6.66. The smallest absolute Gasteiger partial charge is 0.280 e. The number of nitrogens with zero attached hydrogens (tertiary/aromatic N) is 1. The van der Waals surface area contributed by atoms with E-state index in [1.165, 1.54) is 12.1 Å². The summed E-state index contributed by atoms with van der Waals surface area (Å²) < 4.78 is 0. The fourth-order valence-electron chi connectivity index (χ4n) is 1.09. The van der Waals surface area contributed by atoms with Crippen LogP contribution in [0.4, 0.5) is 5.69 Å². The number of carbonyl (C=O) groups excluding carboxylic acids is 1. The number of nitro benzene ring substituents is 1. The van der Waals surface area contributed by atoms with Crippen molar-refractivity contribution in [1.29, 1.82) is 0 Å². The van der Waals surface area contributed by atoms with Crippen LogP contribution in [0.15, 0.2) is 24.3 Å². The molecule has 0 aliphatic carbocycles. The Morgan fingerprint density at radius 1 is 1.43 bits per heavy atom. The van der Waals surface area contributed by atoms with Crippen LogP contribution >= 0.6 is 15.9 Å². The van der Waals surface area contributed by atoms with Crippen LogP contribution in [0, 0.1) is 10.1 Å². The predicted molar refractivity (Wildman–Crippen MR) is 55.8 cm³/mol. The highest BCUT2D eigenvalue weighted by Crippen LogP contribution is 2.19. The Morgan fingerprint density at radius 2 is 2.07 bits per heavy atom. The molecule has 0 spiro atoms. The molecule has 74 valence electrons. The molecule has 0 atom stereocenters. The third-order valence-corrected chi connectivity index (χ3v) is 2.12. The van der Waals surface area contributed by atoms with Crippen LogP contribution in [0.5, 0.6) is 0 Å². The van der Waals surface area contributed by atoms with Gasteiger partial charge in [0.05, 0.1) is 10.5 Å². The van der Waals surface area contributed by atoms with Crippen LogP contribution in [-0.2, 0) is 0 Å². The number of para-hydroxylation sites is 1. The van der Waals surface area contributed by atoms with Gasteiger partial charge in [-0.1, -0.05) is 28.1 Å². The van der Waals surface area contributed by atoms with Crippen LogP contribution in [0.1, 0.15) is 16.8 Å². The maximum Gasteiger partial charge on any atom is 0.280 e. The van der Waals surface area contributed by atoms with Gasteiger partial charge in [-0.3, -0.25) is 14.9 Å². The number of hydrogen-bond donors (Lipinski definition) is 0. The molecule has 0 amide bonds. The van der Waals surface area contributed by atoms with Gasteiger partial charge in [0.1, 0.15) is 0 Å². The average Bonchev–Trinajstić information content (AvgIpc) is 2.18. The molecule has 5 heteroatoms. The number of rotatable bonds is 4. The second-order valence-corrected chi connectivity index (χ2v) is 3.43. The first kappa shape index (κ1) is 10.8. The lowest BCUT2D eigenvalue weighted by atomic mass is 10.1. The van der Waals surface area contributed by atoms with Gasteiger partial charge < -0.3 is 0 Å². The van der Waals surface area contributed by atoms with Crippen molar-refractivity contribution in [3.05, 3.63) is 39.9 Å². The Morgan fingerprint density at radius 3 is 2.64 bits per heavy atom. The van der Waals surface area contributed by atoms with E-state index in [4.69, 9.17) is 0 Å². The maximum atomic E-state index is 11.4. The predicted octanol–water partition coefficient (Wildman–Crippen LogP) is 2.56. The van der Waals surface area contributed by atoms with Gasteiger partial charge in [0.15, 0.2) is 5.78 Å². The SMILES string of the molecule is O=C(CCBr)c1ccccc1[N+](=O)[O-]. The lowest BCUT2D eigenvalue weighted by molar-refractivity contribution is -0.385. The second-order valence-electron chi connectivity index (χ2n) is 2.64. The van der Waals surface area contributed by atoms with E-state index in [-0.39, 0.29) is 23.5 Å². The fraction of sp³-hybridized carbons (Fsp3) is 0.222. The van der Waals surface area contributed by atoms with Crippen LogP contribution < -0.4 is 0 Å². The molecule has 1 aromatic rings. The summed E-state index contributed by atoms with van der Waals surface area (Å²) in [5, 5.41) is 11.1. The number of ketones is 1. The van der Waals surface area contributed by atoms with Gasteiger partial charge >= 0.3 is 0 Å². The number of halogens is 1. The highest BCUT2D eigenvalue weighted by Gasteiger charge is 2.17. The fourth-order valence-corrected chi connectivity index (χ4v) is 1.45. The van der Waals surface area contributed by atoms with Crippen molar-refractivity contribution in [1.82, 2.24) is 0 Å². The topological polar surface area (TPSA) is 60.2 Å². The molecule has 0 saturated heterocycles. The van der Waals surface area contributed by atoms with Crippen LogP contribution in [-0.4, -0.2) is 16.0 Å². The molecular weight excluding hydrogens is 250 g/mol. The van der Waals surface area contributed by atoms with E-state index in [0.29, 0.717) is 5.33 Å². The molecule has 1 rings (SSSR count). The van der Waals surface area contributed by atoms with Gasteiger partial charge in [0, 0.05) is 17.8 Å². The molecular formula is C9H8BrNO3. The summed E-state index contributed by atoms with van der Waals surface area (Å²) in [5.74, 6) is -0.214. The maximum absolute atomic E-state index is 11.4. The molecule has 0 aromatic heterocycles. The third-order valence-electron chi connectivity index (χ3n) is 1.72.